The Hall–Kier alpha value is -0.520. The van der Waals surface area contributed by atoms with E-state index in [0.717, 1.165) is 0 Å². The Labute approximate surface area is 64.6 Å². The minimum absolute atomic E-state index is 1.36. The van der Waals surface area contributed by atoms with Gasteiger partial charge in [-0.05, 0) is 39.7 Å². The Balaban J connectivity index is 4.36. The first-order chi connectivity index (χ1) is 4.59. The second-order valence-electron chi connectivity index (χ2n) is 2.81. The van der Waals surface area contributed by atoms with Crippen LogP contribution in [0, 0.1) is 6.42 Å². The molecule has 57 valence electrons. The molecule has 10 heavy (non-hydrogen) atoms. The van der Waals surface area contributed by atoms with Crippen LogP contribution in [0.25, 0.3) is 0 Å². The molecule has 0 heterocycles. The van der Waals surface area contributed by atoms with E-state index in [2.05, 4.69) is 40.2 Å². The van der Waals surface area contributed by atoms with Gasteiger partial charge in [0.15, 0.2) is 0 Å². The van der Waals surface area contributed by atoms with E-state index in [9.17, 15) is 0 Å². The molecule has 0 aromatic rings. The van der Waals surface area contributed by atoms with Gasteiger partial charge in [0.25, 0.3) is 0 Å². The zero-order chi connectivity index (χ0) is 8.15. The molecular formula is C10H17. The number of allylic oxidation sites excluding steroid dienone is 4. The Morgan fingerprint density at radius 2 is 1.50 bits per heavy atom. The van der Waals surface area contributed by atoms with Crippen molar-refractivity contribution < 1.29 is 0 Å². The second kappa shape index (κ2) is 4.32. The molecule has 0 unspecified atom stereocenters. The van der Waals surface area contributed by atoms with Gasteiger partial charge in [0.2, 0.25) is 0 Å². The largest absolute Gasteiger partial charge is 0.0779 e. The van der Waals surface area contributed by atoms with E-state index in [1.165, 1.54) is 16.7 Å². The highest BCUT2D eigenvalue weighted by molar-refractivity contribution is 5.31. The molecule has 0 nitrogen and oxygen atoms in total. The lowest BCUT2D eigenvalue weighted by Gasteiger charge is -2.02. The quantitative estimate of drug-likeness (QED) is 0.511. The molecule has 0 atom stereocenters. The van der Waals surface area contributed by atoms with E-state index in [1.807, 2.05) is 6.92 Å². The molecule has 0 aliphatic heterocycles. The molecule has 0 aromatic carbocycles. The maximum absolute atomic E-state index is 2.16. The first-order valence-electron chi connectivity index (χ1n) is 3.70. The first-order valence-corrected chi connectivity index (χ1v) is 3.70. The summed E-state index contributed by atoms with van der Waals surface area (Å²) in [7, 11) is 0. The third kappa shape index (κ3) is 2.86. The van der Waals surface area contributed by atoms with E-state index in [0.29, 0.717) is 0 Å². The van der Waals surface area contributed by atoms with Gasteiger partial charge in [0.1, 0.15) is 0 Å². The summed E-state index contributed by atoms with van der Waals surface area (Å²) in [6.07, 6.45) is 4.21. The summed E-state index contributed by atoms with van der Waals surface area (Å²) in [5, 5.41) is 0. The fraction of sp³-hybridized carbons (Fsp3) is 0.500. The third-order valence-corrected chi connectivity index (χ3v) is 1.76. The Bertz CT molecular complexity index is 155. The van der Waals surface area contributed by atoms with E-state index in [4.69, 9.17) is 0 Å². The molecule has 0 aliphatic carbocycles. The van der Waals surface area contributed by atoms with Crippen molar-refractivity contribution in [2.24, 2.45) is 0 Å². The predicted octanol–water partition coefficient (Wildman–Crippen LogP) is 3.51. The fourth-order valence-electron chi connectivity index (χ4n) is 0.769. The monoisotopic (exact) mass is 137 g/mol. The van der Waals surface area contributed by atoms with Crippen LogP contribution < -0.4 is 0 Å². The van der Waals surface area contributed by atoms with Gasteiger partial charge in [0, 0.05) is 0 Å². The van der Waals surface area contributed by atoms with Crippen molar-refractivity contribution in [2.75, 3.05) is 0 Å². The zero-order valence-corrected chi connectivity index (χ0v) is 7.65. The van der Waals surface area contributed by atoms with Crippen molar-refractivity contribution in [3.8, 4) is 0 Å². The van der Waals surface area contributed by atoms with Crippen LogP contribution in [0.1, 0.15) is 34.6 Å². The SMILES string of the molecule is C[CH]C=C(C)C(C)=C(C)C. The standard InChI is InChI=1S/C10H17/c1-6-7-9(4)10(5)8(2)3/h6-7H,1-5H3. The Morgan fingerprint density at radius 3 is 1.80 bits per heavy atom. The van der Waals surface area contributed by atoms with Crippen LogP contribution in [0.4, 0.5) is 0 Å². The molecule has 0 saturated heterocycles. The van der Waals surface area contributed by atoms with Crippen LogP contribution in [-0.4, -0.2) is 0 Å². The van der Waals surface area contributed by atoms with Crippen molar-refractivity contribution in [1.82, 2.24) is 0 Å². The summed E-state index contributed by atoms with van der Waals surface area (Å²) in [5.74, 6) is 0. The van der Waals surface area contributed by atoms with E-state index in [1.54, 1.807) is 0 Å². The normalized spacial score (nSPS) is 11.5. The minimum Gasteiger partial charge on any atom is -0.0779 e. The molecule has 0 bridgehead atoms. The number of hydrogen-bond acceptors (Lipinski definition) is 0. The first kappa shape index (κ1) is 9.48. The smallest absolute Gasteiger partial charge is 0.0196 e. The van der Waals surface area contributed by atoms with Crippen molar-refractivity contribution >= 4 is 0 Å². The molecule has 0 rings (SSSR count). The summed E-state index contributed by atoms with van der Waals surface area (Å²) in [6, 6.07) is 0. The molecule has 0 aliphatic rings. The molecule has 0 heteroatoms. The van der Waals surface area contributed by atoms with Gasteiger partial charge in [-0.25, -0.2) is 0 Å². The maximum Gasteiger partial charge on any atom is -0.0196 e. The van der Waals surface area contributed by atoms with Gasteiger partial charge in [-0.1, -0.05) is 24.1 Å². The van der Waals surface area contributed by atoms with E-state index < -0.39 is 0 Å². The summed E-state index contributed by atoms with van der Waals surface area (Å²) >= 11 is 0. The third-order valence-electron chi connectivity index (χ3n) is 1.76. The number of rotatable bonds is 2. The average Bonchev–Trinajstić information content (AvgIpc) is 1.87. The van der Waals surface area contributed by atoms with Crippen LogP contribution in [0.5, 0.6) is 0 Å². The van der Waals surface area contributed by atoms with Crippen molar-refractivity contribution in [2.45, 2.75) is 34.6 Å². The molecule has 0 fully saturated rings. The topological polar surface area (TPSA) is 0 Å². The second-order valence-corrected chi connectivity index (χ2v) is 2.81. The summed E-state index contributed by atoms with van der Waals surface area (Å²) in [5.41, 5.74) is 4.16. The Morgan fingerprint density at radius 1 is 1.00 bits per heavy atom. The lowest BCUT2D eigenvalue weighted by atomic mass is 10.0. The zero-order valence-electron chi connectivity index (χ0n) is 7.65. The van der Waals surface area contributed by atoms with Crippen molar-refractivity contribution in [1.29, 1.82) is 0 Å². The molecule has 0 aromatic heterocycles. The summed E-state index contributed by atoms with van der Waals surface area (Å²) in [6.45, 7) is 10.6. The molecule has 0 spiro atoms. The van der Waals surface area contributed by atoms with Gasteiger partial charge in [-0.3, -0.25) is 0 Å². The molecule has 1 radical (unpaired) electrons. The van der Waals surface area contributed by atoms with Gasteiger partial charge in [0.05, 0.1) is 0 Å². The van der Waals surface area contributed by atoms with Gasteiger partial charge in [-0.15, -0.1) is 0 Å². The van der Waals surface area contributed by atoms with Crippen LogP contribution in [-0.2, 0) is 0 Å². The predicted molar refractivity (Wildman–Crippen MR) is 47.8 cm³/mol. The van der Waals surface area contributed by atoms with Gasteiger partial charge < -0.3 is 0 Å². The fourth-order valence-corrected chi connectivity index (χ4v) is 0.769. The van der Waals surface area contributed by atoms with Crippen LogP contribution >= 0.6 is 0 Å². The molecule has 0 amide bonds. The summed E-state index contributed by atoms with van der Waals surface area (Å²) < 4.78 is 0. The highest BCUT2D eigenvalue weighted by Gasteiger charge is 1.92. The summed E-state index contributed by atoms with van der Waals surface area (Å²) in [4.78, 5) is 0. The molecular weight excluding hydrogens is 120 g/mol. The van der Waals surface area contributed by atoms with E-state index in [-0.39, 0.29) is 0 Å². The van der Waals surface area contributed by atoms with Crippen LogP contribution in [0.15, 0.2) is 22.8 Å². The Kier molecular flexibility index (Phi) is 4.10. The highest BCUT2D eigenvalue weighted by atomic mass is 14.0. The van der Waals surface area contributed by atoms with Crippen molar-refractivity contribution in [3.05, 3.63) is 29.2 Å². The maximum atomic E-state index is 2.16. The van der Waals surface area contributed by atoms with E-state index >= 15 is 0 Å². The van der Waals surface area contributed by atoms with Gasteiger partial charge >= 0.3 is 0 Å². The molecule has 0 N–H and O–H groups in total. The lowest BCUT2D eigenvalue weighted by molar-refractivity contribution is 1.22. The average molecular weight is 137 g/mol. The highest BCUT2D eigenvalue weighted by Crippen LogP contribution is 2.12. The lowest BCUT2D eigenvalue weighted by Crippen LogP contribution is -1.82. The van der Waals surface area contributed by atoms with Crippen LogP contribution in [0.2, 0.25) is 0 Å². The molecule has 0 saturated carbocycles. The number of hydrogen-bond donors (Lipinski definition) is 0. The minimum atomic E-state index is 1.36. The van der Waals surface area contributed by atoms with Crippen molar-refractivity contribution in [3.63, 3.8) is 0 Å². The van der Waals surface area contributed by atoms with Gasteiger partial charge in [-0.2, -0.15) is 0 Å². The van der Waals surface area contributed by atoms with Crippen LogP contribution in [0.3, 0.4) is 0 Å².